The molecule has 0 heterocycles. The van der Waals surface area contributed by atoms with Crippen molar-refractivity contribution >= 4 is 26.0 Å². The van der Waals surface area contributed by atoms with Gasteiger partial charge in [0.2, 0.25) is 10.0 Å². The van der Waals surface area contributed by atoms with Crippen LogP contribution in [-0.4, -0.2) is 24.3 Å². The van der Waals surface area contributed by atoms with E-state index in [1.54, 1.807) is 0 Å². The molecule has 88 valence electrons. The Labute approximate surface area is 103 Å². The van der Waals surface area contributed by atoms with Crippen LogP contribution in [0.2, 0.25) is 0 Å². The van der Waals surface area contributed by atoms with Crippen molar-refractivity contribution < 1.29 is 13.5 Å². The third-order valence-electron chi connectivity index (χ3n) is 2.65. The van der Waals surface area contributed by atoms with Gasteiger partial charge < -0.3 is 5.11 Å². The van der Waals surface area contributed by atoms with Gasteiger partial charge in [-0.3, -0.25) is 0 Å². The highest BCUT2D eigenvalue weighted by Crippen LogP contribution is 2.31. The second-order valence-electron chi connectivity index (χ2n) is 3.79. The minimum Gasteiger partial charge on any atom is -0.391 e. The first-order chi connectivity index (χ1) is 7.53. The van der Waals surface area contributed by atoms with E-state index in [0.29, 0.717) is 6.42 Å². The van der Waals surface area contributed by atoms with Gasteiger partial charge in [-0.2, -0.15) is 0 Å². The van der Waals surface area contributed by atoms with Crippen LogP contribution in [0.4, 0.5) is 0 Å². The lowest BCUT2D eigenvalue weighted by Gasteiger charge is -2.16. The monoisotopic (exact) mass is 305 g/mol. The topological polar surface area (TPSA) is 66.4 Å². The highest BCUT2D eigenvalue weighted by Gasteiger charge is 2.33. The number of fused-ring (bicyclic) bond motifs is 1. The molecule has 0 aliphatic heterocycles. The highest BCUT2D eigenvalue weighted by atomic mass is 79.9. The van der Waals surface area contributed by atoms with Crippen molar-refractivity contribution in [3.8, 4) is 0 Å². The summed E-state index contributed by atoms with van der Waals surface area (Å²) in [5, 5.41) is 9.83. The first-order valence-corrected chi connectivity index (χ1v) is 7.63. The number of alkyl halides is 1. The Balaban J connectivity index is 2.30. The SMILES string of the molecule is O=S(=O)(CBr)N[C@@H]1c2ccccc2C[C@@H]1O. The number of rotatable bonds is 3. The molecule has 1 aromatic rings. The first-order valence-electron chi connectivity index (χ1n) is 4.85. The molecule has 0 bridgehead atoms. The van der Waals surface area contributed by atoms with Gasteiger partial charge in [-0.05, 0) is 11.1 Å². The zero-order valence-electron chi connectivity index (χ0n) is 8.43. The molecule has 0 radical (unpaired) electrons. The molecule has 2 rings (SSSR count). The maximum atomic E-state index is 11.4. The van der Waals surface area contributed by atoms with Crippen LogP contribution < -0.4 is 4.72 Å². The lowest BCUT2D eigenvalue weighted by molar-refractivity contribution is 0.152. The van der Waals surface area contributed by atoms with Crippen molar-refractivity contribution in [2.24, 2.45) is 0 Å². The summed E-state index contributed by atoms with van der Waals surface area (Å²) < 4.78 is 25.2. The number of hydrogen-bond acceptors (Lipinski definition) is 3. The van der Waals surface area contributed by atoms with Crippen LogP contribution in [0.5, 0.6) is 0 Å². The summed E-state index contributed by atoms with van der Waals surface area (Å²) in [4.78, 5) is 0. The summed E-state index contributed by atoms with van der Waals surface area (Å²) in [6.07, 6.45) is -0.197. The molecule has 0 saturated carbocycles. The van der Waals surface area contributed by atoms with Crippen molar-refractivity contribution in [1.29, 1.82) is 0 Å². The number of hydrogen-bond donors (Lipinski definition) is 2. The van der Waals surface area contributed by atoms with Crippen molar-refractivity contribution in [2.45, 2.75) is 18.6 Å². The van der Waals surface area contributed by atoms with E-state index in [-0.39, 0.29) is 4.66 Å². The maximum Gasteiger partial charge on any atom is 0.222 e. The van der Waals surface area contributed by atoms with Gasteiger partial charge in [0.25, 0.3) is 0 Å². The van der Waals surface area contributed by atoms with Crippen LogP contribution in [0.15, 0.2) is 24.3 Å². The number of nitrogens with one attached hydrogen (secondary N) is 1. The number of aliphatic hydroxyl groups is 1. The van der Waals surface area contributed by atoms with Crippen LogP contribution in [0.3, 0.4) is 0 Å². The van der Waals surface area contributed by atoms with Gasteiger partial charge in [0.1, 0.15) is 4.66 Å². The Kier molecular flexibility index (Phi) is 3.34. The van der Waals surface area contributed by atoms with E-state index in [0.717, 1.165) is 11.1 Å². The predicted molar refractivity (Wildman–Crippen MR) is 64.7 cm³/mol. The molecule has 0 amide bonds. The quantitative estimate of drug-likeness (QED) is 0.816. The fraction of sp³-hybridized carbons (Fsp3) is 0.400. The van der Waals surface area contributed by atoms with Gasteiger partial charge in [0.05, 0.1) is 12.1 Å². The summed E-state index contributed by atoms with van der Waals surface area (Å²) in [7, 11) is -3.37. The number of halogens is 1. The van der Waals surface area contributed by atoms with E-state index in [2.05, 4.69) is 20.7 Å². The van der Waals surface area contributed by atoms with Crippen LogP contribution in [0, 0.1) is 0 Å². The normalized spacial score (nSPS) is 24.4. The van der Waals surface area contributed by atoms with Gasteiger partial charge in [0, 0.05) is 6.42 Å². The molecule has 1 aliphatic rings. The third kappa shape index (κ3) is 2.29. The largest absolute Gasteiger partial charge is 0.391 e. The smallest absolute Gasteiger partial charge is 0.222 e. The molecule has 2 atom stereocenters. The van der Waals surface area contributed by atoms with E-state index in [1.165, 1.54) is 0 Å². The maximum absolute atomic E-state index is 11.4. The summed E-state index contributed by atoms with van der Waals surface area (Å²) in [6, 6.07) is 6.94. The Morgan fingerprint density at radius 3 is 2.81 bits per heavy atom. The third-order valence-corrected chi connectivity index (χ3v) is 5.36. The van der Waals surface area contributed by atoms with Gasteiger partial charge in [-0.25, -0.2) is 13.1 Å². The molecule has 0 spiro atoms. The second-order valence-corrected chi connectivity index (χ2v) is 6.85. The summed E-state index contributed by atoms with van der Waals surface area (Å²) in [5.41, 5.74) is 1.86. The molecule has 0 saturated heterocycles. The van der Waals surface area contributed by atoms with Crippen LogP contribution in [0.25, 0.3) is 0 Å². The van der Waals surface area contributed by atoms with Crippen molar-refractivity contribution in [2.75, 3.05) is 4.66 Å². The molecule has 4 nitrogen and oxygen atoms in total. The van der Waals surface area contributed by atoms with E-state index in [9.17, 15) is 13.5 Å². The predicted octanol–water partition coefficient (Wildman–Crippen LogP) is 0.916. The van der Waals surface area contributed by atoms with Gasteiger partial charge in [-0.1, -0.05) is 40.2 Å². The average molecular weight is 306 g/mol. The van der Waals surface area contributed by atoms with Gasteiger partial charge >= 0.3 is 0 Å². The lowest BCUT2D eigenvalue weighted by Crippen LogP contribution is -2.34. The van der Waals surface area contributed by atoms with Crippen molar-refractivity contribution in [3.05, 3.63) is 35.4 Å². The fourth-order valence-corrected chi connectivity index (χ4v) is 3.07. The first kappa shape index (κ1) is 12.0. The van der Waals surface area contributed by atoms with Crippen LogP contribution in [0.1, 0.15) is 17.2 Å². The standard InChI is InChI=1S/C10H12BrNO3S/c11-6-16(14,15)12-10-8-4-2-1-3-7(8)5-9(10)13/h1-4,9-10,12-13H,5-6H2/t9-,10+/m0/s1. The number of aliphatic hydroxyl groups excluding tert-OH is 1. The van der Waals surface area contributed by atoms with E-state index >= 15 is 0 Å². The lowest BCUT2D eigenvalue weighted by atomic mass is 10.1. The average Bonchev–Trinajstić information content (AvgIpc) is 2.56. The zero-order valence-corrected chi connectivity index (χ0v) is 10.8. The molecule has 16 heavy (non-hydrogen) atoms. The van der Waals surface area contributed by atoms with Crippen LogP contribution >= 0.6 is 15.9 Å². The van der Waals surface area contributed by atoms with E-state index < -0.39 is 22.2 Å². The number of sulfonamides is 1. The zero-order chi connectivity index (χ0) is 11.8. The molecule has 0 fully saturated rings. The Morgan fingerprint density at radius 1 is 1.44 bits per heavy atom. The summed E-state index contributed by atoms with van der Waals surface area (Å²) in [6.45, 7) is 0. The molecule has 0 aromatic heterocycles. The Bertz CT molecular complexity index is 489. The second kappa shape index (κ2) is 4.44. The molecule has 6 heteroatoms. The minimum atomic E-state index is -3.37. The summed E-state index contributed by atoms with van der Waals surface area (Å²) in [5.74, 6) is 0. The highest BCUT2D eigenvalue weighted by molar-refractivity contribution is 9.10. The number of benzene rings is 1. The summed E-state index contributed by atoms with van der Waals surface area (Å²) >= 11 is 2.91. The molecule has 2 N–H and O–H groups in total. The molecular weight excluding hydrogens is 294 g/mol. The minimum absolute atomic E-state index is 0.161. The van der Waals surface area contributed by atoms with Gasteiger partial charge in [-0.15, -0.1) is 0 Å². The van der Waals surface area contributed by atoms with Gasteiger partial charge in [0.15, 0.2) is 0 Å². The van der Waals surface area contributed by atoms with E-state index in [1.807, 2.05) is 24.3 Å². The van der Waals surface area contributed by atoms with E-state index in [4.69, 9.17) is 0 Å². The van der Waals surface area contributed by atoms with Crippen molar-refractivity contribution in [1.82, 2.24) is 4.72 Å². The Morgan fingerprint density at radius 2 is 2.12 bits per heavy atom. The fourth-order valence-electron chi connectivity index (χ4n) is 1.94. The molecule has 1 aliphatic carbocycles. The molecule has 1 aromatic carbocycles. The Hall–Kier alpha value is -0.430. The van der Waals surface area contributed by atoms with Crippen molar-refractivity contribution in [3.63, 3.8) is 0 Å². The van der Waals surface area contributed by atoms with Crippen LogP contribution in [-0.2, 0) is 16.4 Å². The molecule has 0 unspecified atom stereocenters. The molecular formula is C10H12BrNO3S.